The Morgan fingerprint density at radius 1 is 1.45 bits per heavy atom. The molecule has 0 amide bonds. The summed E-state index contributed by atoms with van der Waals surface area (Å²) in [5, 5.41) is 7.70. The number of aryl methyl sites for hydroxylation is 2. The lowest BCUT2D eigenvalue weighted by Crippen LogP contribution is -2.23. The predicted molar refractivity (Wildman–Crippen MR) is 78.3 cm³/mol. The SMILES string of the molecule is CCCn1nccc1-c1ncc2c(n1)CCCC2NC. The van der Waals surface area contributed by atoms with Crippen LogP contribution >= 0.6 is 0 Å². The van der Waals surface area contributed by atoms with Crippen LogP contribution in [0.25, 0.3) is 11.5 Å². The van der Waals surface area contributed by atoms with Crippen LogP contribution in [0.3, 0.4) is 0 Å². The molecule has 1 atom stereocenters. The monoisotopic (exact) mass is 271 g/mol. The minimum absolute atomic E-state index is 0.397. The quantitative estimate of drug-likeness (QED) is 0.927. The summed E-state index contributed by atoms with van der Waals surface area (Å²) in [7, 11) is 2.00. The Morgan fingerprint density at radius 3 is 3.15 bits per heavy atom. The number of rotatable bonds is 4. The van der Waals surface area contributed by atoms with Gasteiger partial charge in [0.2, 0.25) is 0 Å². The van der Waals surface area contributed by atoms with E-state index in [-0.39, 0.29) is 0 Å². The molecule has 5 heteroatoms. The van der Waals surface area contributed by atoms with Crippen LogP contribution in [0.4, 0.5) is 0 Å². The van der Waals surface area contributed by atoms with E-state index in [0.717, 1.165) is 30.9 Å². The fraction of sp³-hybridized carbons (Fsp3) is 0.533. The molecule has 0 radical (unpaired) electrons. The maximum Gasteiger partial charge on any atom is 0.178 e. The number of aromatic nitrogens is 4. The first-order valence-corrected chi connectivity index (χ1v) is 7.38. The number of fused-ring (bicyclic) bond motifs is 1. The van der Waals surface area contributed by atoms with E-state index in [1.54, 1.807) is 0 Å². The molecule has 1 N–H and O–H groups in total. The highest BCUT2D eigenvalue weighted by Gasteiger charge is 2.21. The zero-order valence-corrected chi connectivity index (χ0v) is 12.1. The molecule has 0 aliphatic heterocycles. The van der Waals surface area contributed by atoms with Crippen molar-refractivity contribution in [1.29, 1.82) is 0 Å². The van der Waals surface area contributed by atoms with Crippen LogP contribution in [0.2, 0.25) is 0 Å². The Bertz CT molecular complexity index is 590. The summed E-state index contributed by atoms with van der Waals surface area (Å²) in [4.78, 5) is 9.35. The van der Waals surface area contributed by atoms with Gasteiger partial charge in [0.05, 0.1) is 0 Å². The van der Waals surface area contributed by atoms with Crippen LogP contribution in [0.15, 0.2) is 18.5 Å². The average Bonchev–Trinajstić information content (AvgIpc) is 2.94. The van der Waals surface area contributed by atoms with Crippen LogP contribution in [-0.4, -0.2) is 26.8 Å². The molecule has 1 aliphatic rings. The summed E-state index contributed by atoms with van der Waals surface area (Å²) in [6, 6.07) is 2.39. The topological polar surface area (TPSA) is 55.6 Å². The summed E-state index contributed by atoms with van der Waals surface area (Å²) in [5.74, 6) is 0.798. The molecule has 20 heavy (non-hydrogen) atoms. The van der Waals surface area contributed by atoms with Crippen molar-refractivity contribution in [2.24, 2.45) is 0 Å². The molecule has 0 fully saturated rings. The fourth-order valence-corrected chi connectivity index (χ4v) is 2.88. The van der Waals surface area contributed by atoms with Gasteiger partial charge in [0.25, 0.3) is 0 Å². The van der Waals surface area contributed by atoms with E-state index in [4.69, 9.17) is 4.98 Å². The highest BCUT2D eigenvalue weighted by Crippen LogP contribution is 2.29. The Balaban J connectivity index is 1.98. The van der Waals surface area contributed by atoms with E-state index in [1.165, 1.54) is 24.1 Å². The van der Waals surface area contributed by atoms with Gasteiger partial charge in [-0.15, -0.1) is 0 Å². The molecular formula is C15H21N5. The molecule has 2 heterocycles. The minimum atomic E-state index is 0.397. The Morgan fingerprint density at radius 2 is 2.35 bits per heavy atom. The van der Waals surface area contributed by atoms with Gasteiger partial charge in [-0.1, -0.05) is 6.92 Å². The number of hydrogen-bond acceptors (Lipinski definition) is 4. The lowest BCUT2D eigenvalue weighted by molar-refractivity contribution is 0.487. The number of nitrogens with one attached hydrogen (secondary N) is 1. The third-order valence-electron chi connectivity index (χ3n) is 3.91. The second-order valence-corrected chi connectivity index (χ2v) is 5.27. The highest BCUT2D eigenvalue weighted by molar-refractivity contribution is 5.50. The molecule has 2 aromatic heterocycles. The first-order chi connectivity index (χ1) is 9.83. The van der Waals surface area contributed by atoms with Crippen molar-refractivity contribution < 1.29 is 0 Å². The van der Waals surface area contributed by atoms with Crippen LogP contribution in [0.1, 0.15) is 43.5 Å². The van der Waals surface area contributed by atoms with Crippen molar-refractivity contribution in [2.75, 3.05) is 7.05 Å². The smallest absolute Gasteiger partial charge is 0.178 e. The minimum Gasteiger partial charge on any atom is -0.313 e. The van der Waals surface area contributed by atoms with Gasteiger partial charge in [-0.25, -0.2) is 9.97 Å². The first-order valence-electron chi connectivity index (χ1n) is 7.38. The second-order valence-electron chi connectivity index (χ2n) is 5.27. The van der Waals surface area contributed by atoms with Crippen molar-refractivity contribution in [1.82, 2.24) is 25.1 Å². The second kappa shape index (κ2) is 5.71. The molecule has 3 rings (SSSR count). The standard InChI is InChI=1S/C15H21N5/c1-3-9-20-14(7-8-18-20)15-17-10-11-12(16-2)5-4-6-13(11)19-15/h7-8,10,12,16H,3-6,9H2,1-2H3. The van der Waals surface area contributed by atoms with E-state index >= 15 is 0 Å². The van der Waals surface area contributed by atoms with E-state index < -0.39 is 0 Å². The van der Waals surface area contributed by atoms with Crippen molar-refractivity contribution in [2.45, 2.75) is 45.2 Å². The fourth-order valence-electron chi connectivity index (χ4n) is 2.88. The molecule has 0 saturated heterocycles. The Kier molecular flexibility index (Phi) is 3.78. The highest BCUT2D eigenvalue weighted by atomic mass is 15.3. The Hall–Kier alpha value is -1.75. The number of hydrogen-bond donors (Lipinski definition) is 1. The van der Waals surface area contributed by atoms with Gasteiger partial charge in [-0.2, -0.15) is 5.10 Å². The zero-order valence-electron chi connectivity index (χ0n) is 12.1. The maximum atomic E-state index is 4.78. The molecule has 1 aliphatic carbocycles. The molecule has 5 nitrogen and oxygen atoms in total. The maximum absolute atomic E-state index is 4.78. The third kappa shape index (κ3) is 2.33. The van der Waals surface area contributed by atoms with E-state index in [9.17, 15) is 0 Å². The van der Waals surface area contributed by atoms with Crippen LogP contribution < -0.4 is 5.32 Å². The van der Waals surface area contributed by atoms with Crippen molar-refractivity contribution >= 4 is 0 Å². The summed E-state index contributed by atoms with van der Waals surface area (Å²) < 4.78 is 1.99. The number of nitrogens with zero attached hydrogens (tertiary/aromatic N) is 4. The summed E-state index contributed by atoms with van der Waals surface area (Å²) in [6.45, 7) is 3.05. The van der Waals surface area contributed by atoms with E-state index in [1.807, 2.05) is 30.2 Å². The van der Waals surface area contributed by atoms with Gasteiger partial charge in [0.1, 0.15) is 5.69 Å². The first kappa shape index (κ1) is 13.2. The molecule has 1 unspecified atom stereocenters. The summed E-state index contributed by atoms with van der Waals surface area (Å²) in [5.41, 5.74) is 3.45. The molecule has 0 bridgehead atoms. The molecule has 106 valence electrons. The average molecular weight is 271 g/mol. The third-order valence-corrected chi connectivity index (χ3v) is 3.91. The van der Waals surface area contributed by atoms with Gasteiger partial charge >= 0.3 is 0 Å². The lowest BCUT2D eigenvalue weighted by Gasteiger charge is -2.24. The van der Waals surface area contributed by atoms with Gasteiger partial charge in [0, 0.05) is 36.2 Å². The van der Waals surface area contributed by atoms with Crippen molar-refractivity contribution in [3.63, 3.8) is 0 Å². The molecule has 0 aromatic carbocycles. The molecule has 2 aromatic rings. The van der Waals surface area contributed by atoms with E-state index in [0.29, 0.717) is 6.04 Å². The Labute approximate surface area is 119 Å². The van der Waals surface area contributed by atoms with Crippen molar-refractivity contribution in [3.05, 3.63) is 29.7 Å². The van der Waals surface area contributed by atoms with Gasteiger partial charge < -0.3 is 5.32 Å². The zero-order chi connectivity index (χ0) is 13.9. The molecular weight excluding hydrogens is 250 g/mol. The van der Waals surface area contributed by atoms with Crippen LogP contribution in [-0.2, 0) is 13.0 Å². The summed E-state index contributed by atoms with van der Waals surface area (Å²) >= 11 is 0. The summed E-state index contributed by atoms with van der Waals surface area (Å²) in [6.07, 6.45) is 8.26. The normalized spacial score (nSPS) is 18.0. The largest absolute Gasteiger partial charge is 0.313 e. The van der Waals surface area contributed by atoms with Gasteiger partial charge in [-0.05, 0) is 38.8 Å². The van der Waals surface area contributed by atoms with Crippen LogP contribution in [0, 0.1) is 0 Å². The van der Waals surface area contributed by atoms with Gasteiger partial charge in [0.15, 0.2) is 5.82 Å². The molecule has 0 saturated carbocycles. The van der Waals surface area contributed by atoms with Crippen LogP contribution in [0.5, 0.6) is 0 Å². The van der Waals surface area contributed by atoms with Gasteiger partial charge in [-0.3, -0.25) is 4.68 Å². The van der Waals surface area contributed by atoms with Crippen molar-refractivity contribution in [3.8, 4) is 11.5 Å². The molecule has 0 spiro atoms. The van der Waals surface area contributed by atoms with E-state index in [2.05, 4.69) is 22.3 Å². The predicted octanol–water partition coefficient (Wildman–Crippen LogP) is 2.35. The lowest BCUT2D eigenvalue weighted by atomic mass is 9.92.